The average molecular weight is 681 g/mol. The van der Waals surface area contributed by atoms with Gasteiger partial charge in [-0.15, -0.1) is 0 Å². The number of benzene rings is 3. The topological polar surface area (TPSA) is 86.8 Å². The lowest BCUT2D eigenvalue weighted by Crippen LogP contribution is -2.54. The van der Waals surface area contributed by atoms with E-state index in [0.717, 1.165) is 51.8 Å². The second-order valence-corrected chi connectivity index (χ2v) is 13.8. The highest BCUT2D eigenvalue weighted by atomic mass is 79.9. The Kier molecular flexibility index (Phi) is 10.7. The fourth-order valence-corrected chi connectivity index (χ4v) is 6.55. The van der Waals surface area contributed by atoms with Crippen LogP contribution >= 0.6 is 39.1 Å². The van der Waals surface area contributed by atoms with Crippen molar-refractivity contribution in [1.29, 1.82) is 0 Å². The maximum absolute atomic E-state index is 14.2. The normalized spacial score (nSPS) is 14.4. The Morgan fingerprint density at radius 3 is 2.24 bits per heavy atom. The highest BCUT2D eigenvalue weighted by molar-refractivity contribution is 9.10. The van der Waals surface area contributed by atoms with Gasteiger partial charge in [0, 0.05) is 23.5 Å². The number of halogens is 3. The minimum absolute atomic E-state index is 0.0201. The van der Waals surface area contributed by atoms with Crippen molar-refractivity contribution in [3.8, 4) is 0 Å². The monoisotopic (exact) mass is 679 g/mol. The second kappa shape index (κ2) is 14.1. The van der Waals surface area contributed by atoms with E-state index in [2.05, 4.69) is 21.2 Å². The van der Waals surface area contributed by atoms with Gasteiger partial charge in [-0.05, 0) is 48.2 Å². The summed E-state index contributed by atoms with van der Waals surface area (Å²) in [6.45, 7) is -0.458. The lowest BCUT2D eigenvalue weighted by molar-refractivity contribution is -0.140. The first kappa shape index (κ1) is 31.3. The first-order valence-electron chi connectivity index (χ1n) is 13.3. The highest BCUT2D eigenvalue weighted by Gasteiger charge is 2.34. The van der Waals surface area contributed by atoms with E-state index in [-0.39, 0.29) is 40.6 Å². The zero-order chi connectivity index (χ0) is 29.6. The third-order valence-electron chi connectivity index (χ3n) is 7.12. The molecular formula is C30H32BrCl2N3O4S. The Bertz CT molecular complexity index is 1470. The van der Waals surface area contributed by atoms with Gasteiger partial charge in [0.15, 0.2) is 0 Å². The van der Waals surface area contributed by atoms with Gasteiger partial charge in [-0.3, -0.25) is 13.9 Å². The van der Waals surface area contributed by atoms with Gasteiger partial charge in [-0.1, -0.05) is 101 Å². The van der Waals surface area contributed by atoms with Crippen molar-refractivity contribution in [2.24, 2.45) is 0 Å². The van der Waals surface area contributed by atoms with E-state index in [1.807, 2.05) is 54.6 Å². The second-order valence-electron chi connectivity index (χ2n) is 10.2. The molecule has 1 aliphatic rings. The molecule has 3 aromatic carbocycles. The molecule has 1 unspecified atom stereocenters. The van der Waals surface area contributed by atoms with Crippen molar-refractivity contribution in [1.82, 2.24) is 10.2 Å². The summed E-state index contributed by atoms with van der Waals surface area (Å²) >= 11 is 16.0. The van der Waals surface area contributed by atoms with E-state index in [0.29, 0.717) is 0 Å². The van der Waals surface area contributed by atoms with Crippen LogP contribution in [0.4, 0.5) is 5.69 Å². The summed E-state index contributed by atoms with van der Waals surface area (Å²) in [4.78, 5) is 29.5. The number of rotatable bonds is 11. The number of nitrogens with one attached hydrogen (secondary N) is 1. The van der Waals surface area contributed by atoms with Crippen LogP contribution < -0.4 is 9.62 Å². The van der Waals surface area contributed by atoms with Gasteiger partial charge in [0.05, 0.1) is 22.0 Å². The van der Waals surface area contributed by atoms with Crippen LogP contribution in [-0.2, 0) is 32.6 Å². The Labute approximate surface area is 260 Å². The van der Waals surface area contributed by atoms with Gasteiger partial charge >= 0.3 is 0 Å². The summed E-state index contributed by atoms with van der Waals surface area (Å²) in [5, 5.41) is 3.33. The third kappa shape index (κ3) is 8.47. The molecule has 4 rings (SSSR count). The molecule has 0 aliphatic heterocycles. The van der Waals surface area contributed by atoms with Gasteiger partial charge in [0.2, 0.25) is 21.8 Å². The van der Waals surface area contributed by atoms with Crippen LogP contribution in [0, 0.1) is 0 Å². The van der Waals surface area contributed by atoms with Crippen LogP contribution in [0.25, 0.3) is 0 Å². The standard InChI is InChI=1S/C30H32BrCl2N3O4S/c1-41(39,40)36(26-13-7-12-25(32)29(26)33)20-28(37)35(19-22-14-16-23(31)17-15-22)27(18-21-8-3-2-4-9-21)30(38)34-24-10-5-6-11-24/h2-4,7-9,12-17,24,27H,5-6,10-11,18-20H2,1H3,(H,34,38). The summed E-state index contributed by atoms with van der Waals surface area (Å²) < 4.78 is 27.7. The van der Waals surface area contributed by atoms with Gasteiger partial charge < -0.3 is 10.2 Å². The van der Waals surface area contributed by atoms with Crippen molar-refractivity contribution in [2.75, 3.05) is 17.1 Å². The van der Waals surface area contributed by atoms with Gasteiger partial charge in [0.1, 0.15) is 12.6 Å². The van der Waals surface area contributed by atoms with Crippen LogP contribution in [0.2, 0.25) is 10.0 Å². The molecule has 0 heterocycles. The summed E-state index contributed by atoms with van der Waals surface area (Å²) in [7, 11) is -3.95. The molecule has 1 atom stereocenters. The Morgan fingerprint density at radius 2 is 1.61 bits per heavy atom. The van der Waals surface area contributed by atoms with E-state index in [1.165, 1.54) is 11.0 Å². The molecule has 1 saturated carbocycles. The first-order chi connectivity index (χ1) is 19.5. The van der Waals surface area contributed by atoms with Crippen LogP contribution in [0.3, 0.4) is 0 Å². The molecular weight excluding hydrogens is 649 g/mol. The maximum atomic E-state index is 14.2. The van der Waals surface area contributed by atoms with E-state index in [9.17, 15) is 18.0 Å². The molecule has 0 spiro atoms. The minimum atomic E-state index is -3.95. The van der Waals surface area contributed by atoms with Crippen LogP contribution in [-0.4, -0.2) is 50.0 Å². The lowest BCUT2D eigenvalue weighted by atomic mass is 10.0. The van der Waals surface area contributed by atoms with Gasteiger partial charge in [0.25, 0.3) is 0 Å². The molecule has 1 aliphatic carbocycles. The molecule has 0 saturated heterocycles. The molecule has 0 aromatic heterocycles. The van der Waals surface area contributed by atoms with Crippen LogP contribution in [0.5, 0.6) is 0 Å². The number of hydrogen-bond donors (Lipinski definition) is 1. The molecule has 218 valence electrons. The molecule has 0 bridgehead atoms. The number of hydrogen-bond acceptors (Lipinski definition) is 4. The summed E-state index contributed by atoms with van der Waals surface area (Å²) in [6, 6.07) is 20.7. The molecule has 41 heavy (non-hydrogen) atoms. The Morgan fingerprint density at radius 1 is 0.951 bits per heavy atom. The number of nitrogens with zero attached hydrogens (tertiary/aromatic N) is 2. The smallest absolute Gasteiger partial charge is 0.244 e. The largest absolute Gasteiger partial charge is 0.352 e. The van der Waals surface area contributed by atoms with Crippen molar-refractivity contribution >= 4 is 66.7 Å². The summed E-state index contributed by atoms with van der Waals surface area (Å²) in [5.74, 6) is -0.810. The van der Waals surface area contributed by atoms with Crippen LogP contribution in [0.1, 0.15) is 36.8 Å². The minimum Gasteiger partial charge on any atom is -0.352 e. The number of carbonyl (C=O) groups is 2. The Hall–Kier alpha value is -2.59. The number of anilines is 1. The fourth-order valence-electron chi connectivity index (χ4n) is 4.99. The number of carbonyl (C=O) groups excluding carboxylic acids is 2. The Balaban J connectivity index is 1.74. The highest BCUT2D eigenvalue weighted by Crippen LogP contribution is 2.34. The fraction of sp³-hybridized carbons (Fsp3) is 0.333. The molecule has 1 N–H and O–H groups in total. The summed E-state index contributed by atoms with van der Waals surface area (Å²) in [6.07, 6.45) is 5.13. The summed E-state index contributed by atoms with van der Waals surface area (Å²) in [5.41, 5.74) is 1.76. The first-order valence-corrected chi connectivity index (χ1v) is 16.7. The predicted octanol–water partition coefficient (Wildman–Crippen LogP) is 6.22. The predicted molar refractivity (Wildman–Crippen MR) is 168 cm³/mol. The van der Waals surface area contributed by atoms with Crippen molar-refractivity contribution in [3.63, 3.8) is 0 Å². The van der Waals surface area contributed by atoms with Crippen molar-refractivity contribution in [2.45, 2.75) is 50.7 Å². The SMILES string of the molecule is CS(=O)(=O)N(CC(=O)N(Cc1ccc(Br)cc1)C(Cc1ccccc1)C(=O)NC1CCCC1)c1cccc(Cl)c1Cl. The van der Waals surface area contributed by atoms with E-state index in [4.69, 9.17) is 23.2 Å². The van der Waals surface area contributed by atoms with E-state index in [1.54, 1.807) is 12.1 Å². The van der Waals surface area contributed by atoms with Crippen molar-refractivity contribution < 1.29 is 18.0 Å². The molecule has 1 fully saturated rings. The molecule has 2 amide bonds. The zero-order valence-corrected chi connectivity index (χ0v) is 26.5. The van der Waals surface area contributed by atoms with Crippen molar-refractivity contribution in [3.05, 3.63) is 98.4 Å². The van der Waals surface area contributed by atoms with Crippen LogP contribution in [0.15, 0.2) is 77.3 Å². The average Bonchev–Trinajstić information content (AvgIpc) is 3.45. The molecule has 3 aromatic rings. The molecule has 11 heteroatoms. The number of sulfonamides is 1. The third-order valence-corrected chi connectivity index (χ3v) is 9.58. The maximum Gasteiger partial charge on any atom is 0.244 e. The molecule has 0 radical (unpaired) electrons. The van der Waals surface area contributed by atoms with Gasteiger partial charge in [-0.25, -0.2) is 8.42 Å². The van der Waals surface area contributed by atoms with Gasteiger partial charge in [-0.2, -0.15) is 0 Å². The lowest BCUT2D eigenvalue weighted by Gasteiger charge is -2.34. The van der Waals surface area contributed by atoms with E-state index < -0.39 is 28.5 Å². The zero-order valence-electron chi connectivity index (χ0n) is 22.6. The van der Waals surface area contributed by atoms with E-state index >= 15 is 0 Å². The number of amides is 2. The quantitative estimate of drug-likeness (QED) is 0.261. The molecule has 7 nitrogen and oxygen atoms in total.